The number of hydrogen-bond acceptors (Lipinski definition) is 3. The molecule has 0 fully saturated rings. The van der Waals surface area contributed by atoms with E-state index in [1.165, 1.54) is 13.8 Å². The Labute approximate surface area is 105 Å². The maximum absolute atomic E-state index is 11.5. The SMILES string of the molecule is CC(=O)O[C@@H](C)C(=O)NCc1ccccc1Cl. The second kappa shape index (κ2) is 6.25. The van der Waals surface area contributed by atoms with Crippen molar-refractivity contribution in [3.63, 3.8) is 0 Å². The number of benzene rings is 1. The lowest BCUT2D eigenvalue weighted by Crippen LogP contribution is -2.35. The number of esters is 1. The molecule has 0 spiro atoms. The number of nitrogens with one attached hydrogen (secondary N) is 1. The minimum atomic E-state index is -0.796. The average molecular weight is 256 g/mol. The molecular weight excluding hydrogens is 242 g/mol. The zero-order valence-corrected chi connectivity index (χ0v) is 10.5. The van der Waals surface area contributed by atoms with E-state index in [0.29, 0.717) is 11.6 Å². The third-order valence-electron chi connectivity index (χ3n) is 2.12. The largest absolute Gasteiger partial charge is 0.453 e. The third-order valence-corrected chi connectivity index (χ3v) is 2.49. The van der Waals surface area contributed by atoms with Crippen LogP contribution in [0.25, 0.3) is 0 Å². The maximum Gasteiger partial charge on any atom is 0.303 e. The van der Waals surface area contributed by atoms with Gasteiger partial charge in [0.15, 0.2) is 6.10 Å². The van der Waals surface area contributed by atoms with Crippen LogP contribution in [0.15, 0.2) is 24.3 Å². The first-order chi connectivity index (χ1) is 8.00. The summed E-state index contributed by atoms with van der Waals surface area (Å²) in [6.07, 6.45) is -0.796. The van der Waals surface area contributed by atoms with Gasteiger partial charge in [-0.1, -0.05) is 29.8 Å². The van der Waals surface area contributed by atoms with Crippen LogP contribution in [0.5, 0.6) is 0 Å². The highest BCUT2D eigenvalue weighted by molar-refractivity contribution is 6.31. The van der Waals surface area contributed by atoms with Crippen molar-refractivity contribution >= 4 is 23.5 Å². The highest BCUT2D eigenvalue weighted by Gasteiger charge is 2.15. The normalized spacial score (nSPS) is 11.7. The highest BCUT2D eigenvalue weighted by Crippen LogP contribution is 2.14. The summed E-state index contributed by atoms with van der Waals surface area (Å²) in [7, 11) is 0. The average Bonchev–Trinajstić information content (AvgIpc) is 2.26. The summed E-state index contributed by atoms with van der Waals surface area (Å²) in [4.78, 5) is 22.2. The van der Waals surface area contributed by atoms with Gasteiger partial charge in [-0.15, -0.1) is 0 Å². The summed E-state index contributed by atoms with van der Waals surface area (Å²) in [5, 5.41) is 3.23. The number of halogens is 1. The first kappa shape index (κ1) is 13.5. The van der Waals surface area contributed by atoms with Crippen molar-refractivity contribution in [2.75, 3.05) is 0 Å². The molecule has 0 saturated heterocycles. The van der Waals surface area contributed by atoms with Gasteiger partial charge >= 0.3 is 5.97 Å². The molecule has 0 bridgehead atoms. The summed E-state index contributed by atoms with van der Waals surface area (Å²) in [6, 6.07) is 7.22. The molecule has 0 aliphatic rings. The zero-order chi connectivity index (χ0) is 12.8. The van der Waals surface area contributed by atoms with Crippen LogP contribution in [0, 0.1) is 0 Å². The quantitative estimate of drug-likeness (QED) is 0.836. The molecule has 0 aromatic heterocycles. The summed E-state index contributed by atoms with van der Waals surface area (Å²) < 4.78 is 4.75. The number of amides is 1. The minimum absolute atomic E-state index is 0.310. The Kier molecular flexibility index (Phi) is 4.97. The molecule has 0 aliphatic heterocycles. The fourth-order valence-electron chi connectivity index (χ4n) is 1.27. The van der Waals surface area contributed by atoms with Crippen LogP contribution < -0.4 is 5.32 Å². The fraction of sp³-hybridized carbons (Fsp3) is 0.333. The molecule has 1 atom stereocenters. The highest BCUT2D eigenvalue weighted by atomic mass is 35.5. The van der Waals surface area contributed by atoms with Crippen LogP contribution in [0.3, 0.4) is 0 Å². The van der Waals surface area contributed by atoms with Crippen molar-refractivity contribution in [1.82, 2.24) is 5.32 Å². The van der Waals surface area contributed by atoms with Crippen molar-refractivity contribution in [3.8, 4) is 0 Å². The van der Waals surface area contributed by atoms with E-state index in [0.717, 1.165) is 5.56 Å². The monoisotopic (exact) mass is 255 g/mol. The Balaban J connectivity index is 2.48. The molecule has 0 heterocycles. The van der Waals surface area contributed by atoms with Crippen LogP contribution >= 0.6 is 11.6 Å². The second-order valence-electron chi connectivity index (χ2n) is 3.56. The van der Waals surface area contributed by atoms with Gasteiger partial charge in [-0.05, 0) is 18.6 Å². The molecule has 0 aliphatic carbocycles. The van der Waals surface area contributed by atoms with Crippen molar-refractivity contribution in [1.29, 1.82) is 0 Å². The van der Waals surface area contributed by atoms with E-state index in [1.807, 2.05) is 18.2 Å². The molecule has 17 heavy (non-hydrogen) atoms. The lowest BCUT2D eigenvalue weighted by atomic mass is 10.2. The molecule has 1 rings (SSSR count). The second-order valence-corrected chi connectivity index (χ2v) is 3.97. The molecule has 5 heteroatoms. The Morgan fingerprint density at radius 1 is 1.41 bits per heavy atom. The first-order valence-electron chi connectivity index (χ1n) is 5.19. The van der Waals surface area contributed by atoms with Gasteiger partial charge in [-0.25, -0.2) is 0 Å². The van der Waals surface area contributed by atoms with Crippen molar-refractivity contribution < 1.29 is 14.3 Å². The molecule has 1 N–H and O–H groups in total. The van der Waals surface area contributed by atoms with Crippen LogP contribution in [0.4, 0.5) is 0 Å². The predicted octanol–water partition coefficient (Wildman–Crippen LogP) is 1.91. The van der Waals surface area contributed by atoms with Crippen LogP contribution in [-0.4, -0.2) is 18.0 Å². The zero-order valence-electron chi connectivity index (χ0n) is 9.70. The number of ether oxygens (including phenoxy) is 1. The molecule has 1 amide bonds. The lowest BCUT2D eigenvalue weighted by molar-refractivity contribution is -0.152. The Hall–Kier alpha value is -1.55. The van der Waals surface area contributed by atoms with Crippen molar-refractivity contribution in [3.05, 3.63) is 34.9 Å². The smallest absolute Gasteiger partial charge is 0.303 e. The van der Waals surface area contributed by atoms with Crippen molar-refractivity contribution in [2.45, 2.75) is 26.5 Å². The van der Waals surface area contributed by atoms with E-state index in [2.05, 4.69) is 5.32 Å². The topological polar surface area (TPSA) is 55.4 Å². The van der Waals surface area contributed by atoms with Gasteiger partial charge in [0, 0.05) is 18.5 Å². The van der Waals surface area contributed by atoms with E-state index >= 15 is 0 Å². The van der Waals surface area contributed by atoms with Gasteiger partial charge in [-0.2, -0.15) is 0 Å². The molecule has 0 saturated carbocycles. The minimum Gasteiger partial charge on any atom is -0.453 e. The molecule has 1 aromatic rings. The van der Waals surface area contributed by atoms with E-state index in [4.69, 9.17) is 16.3 Å². The first-order valence-corrected chi connectivity index (χ1v) is 5.57. The van der Waals surface area contributed by atoms with Crippen LogP contribution in [0.1, 0.15) is 19.4 Å². The standard InChI is InChI=1S/C12H14ClNO3/c1-8(17-9(2)15)12(16)14-7-10-5-3-4-6-11(10)13/h3-6,8H,7H2,1-2H3,(H,14,16)/t8-/m0/s1. The predicted molar refractivity (Wildman–Crippen MR) is 64.5 cm³/mol. The van der Waals surface area contributed by atoms with E-state index in [1.54, 1.807) is 6.07 Å². The molecule has 1 aromatic carbocycles. The Bertz CT molecular complexity index is 420. The van der Waals surface area contributed by atoms with Crippen LogP contribution in [-0.2, 0) is 20.9 Å². The van der Waals surface area contributed by atoms with E-state index in [-0.39, 0.29) is 5.91 Å². The summed E-state index contributed by atoms with van der Waals surface area (Å²) in [5.41, 5.74) is 0.817. The number of carbonyl (C=O) groups is 2. The lowest BCUT2D eigenvalue weighted by Gasteiger charge is -2.12. The molecule has 92 valence electrons. The van der Waals surface area contributed by atoms with Gasteiger partial charge in [0.25, 0.3) is 5.91 Å². The number of rotatable bonds is 4. The van der Waals surface area contributed by atoms with Gasteiger partial charge in [0.05, 0.1) is 0 Å². The van der Waals surface area contributed by atoms with Crippen molar-refractivity contribution in [2.24, 2.45) is 0 Å². The Morgan fingerprint density at radius 3 is 2.65 bits per heavy atom. The fourth-order valence-corrected chi connectivity index (χ4v) is 1.47. The Morgan fingerprint density at radius 2 is 2.06 bits per heavy atom. The van der Waals surface area contributed by atoms with Gasteiger partial charge < -0.3 is 10.1 Å². The molecule has 0 unspecified atom stereocenters. The third kappa shape index (κ3) is 4.44. The van der Waals surface area contributed by atoms with Gasteiger partial charge in [-0.3, -0.25) is 9.59 Å². The molecule has 0 radical (unpaired) electrons. The van der Waals surface area contributed by atoms with Crippen LogP contribution in [0.2, 0.25) is 5.02 Å². The number of carbonyl (C=O) groups excluding carboxylic acids is 2. The number of hydrogen-bond donors (Lipinski definition) is 1. The summed E-state index contributed by atoms with van der Waals surface area (Å²) >= 11 is 5.93. The summed E-state index contributed by atoms with van der Waals surface area (Å²) in [6.45, 7) is 3.09. The van der Waals surface area contributed by atoms with E-state index in [9.17, 15) is 9.59 Å². The van der Waals surface area contributed by atoms with E-state index < -0.39 is 12.1 Å². The molecule has 4 nitrogen and oxygen atoms in total. The summed E-state index contributed by atoms with van der Waals surface area (Å²) in [5.74, 6) is -0.828. The van der Waals surface area contributed by atoms with Gasteiger partial charge in [0.1, 0.15) is 0 Å². The maximum atomic E-state index is 11.5. The van der Waals surface area contributed by atoms with Gasteiger partial charge in [0.2, 0.25) is 0 Å². The molecular formula is C12H14ClNO3.